The Hall–Kier alpha value is -2.09. The number of esters is 1. The lowest BCUT2D eigenvalue weighted by atomic mass is 9.94. The highest BCUT2D eigenvalue weighted by molar-refractivity contribution is 5.94. The van der Waals surface area contributed by atoms with Crippen LogP contribution in [-0.4, -0.2) is 13.1 Å². The van der Waals surface area contributed by atoms with Crippen molar-refractivity contribution < 1.29 is 9.53 Å². The molecule has 1 unspecified atom stereocenters. The van der Waals surface area contributed by atoms with Crippen molar-refractivity contribution in [1.29, 1.82) is 0 Å². The van der Waals surface area contributed by atoms with Gasteiger partial charge in [0.1, 0.15) is 5.92 Å². The van der Waals surface area contributed by atoms with Crippen LogP contribution in [0, 0.1) is 6.92 Å². The van der Waals surface area contributed by atoms with Crippen molar-refractivity contribution in [2.24, 2.45) is 0 Å². The molecule has 2 aromatic carbocycles. The summed E-state index contributed by atoms with van der Waals surface area (Å²) in [5.41, 5.74) is 5.57. The van der Waals surface area contributed by atoms with E-state index >= 15 is 0 Å². The molecular weight excluding hydrogens is 224 g/mol. The third-order valence-corrected chi connectivity index (χ3v) is 3.61. The molecule has 2 aromatic rings. The fourth-order valence-corrected chi connectivity index (χ4v) is 2.81. The number of carbonyl (C=O) groups is 1. The van der Waals surface area contributed by atoms with Crippen molar-refractivity contribution in [3.05, 3.63) is 59.2 Å². The number of carbonyl (C=O) groups excluding carboxylic acids is 1. The number of fused-ring (bicyclic) bond motifs is 3. The standard InChI is InChI=1S/C16H14O2/c1-10-6-5-9-12-11-7-3-4-8-13(11)15(14(10)12)16(17)18-2/h3-9,15H,1-2H3. The van der Waals surface area contributed by atoms with E-state index in [4.69, 9.17) is 4.74 Å². The number of benzene rings is 2. The second-order valence-corrected chi connectivity index (χ2v) is 4.58. The quantitative estimate of drug-likeness (QED) is 0.713. The maximum atomic E-state index is 12.1. The van der Waals surface area contributed by atoms with Crippen LogP contribution in [0.25, 0.3) is 11.1 Å². The second kappa shape index (κ2) is 3.98. The van der Waals surface area contributed by atoms with E-state index in [0.717, 1.165) is 27.8 Å². The summed E-state index contributed by atoms with van der Waals surface area (Å²) in [5.74, 6) is -0.460. The van der Waals surface area contributed by atoms with Crippen molar-refractivity contribution in [2.75, 3.05) is 7.11 Å². The normalized spacial score (nSPS) is 16.0. The summed E-state index contributed by atoms with van der Waals surface area (Å²) >= 11 is 0. The molecule has 2 heteroatoms. The molecule has 90 valence electrons. The van der Waals surface area contributed by atoms with Gasteiger partial charge in [0, 0.05) is 0 Å². The molecule has 0 saturated heterocycles. The minimum absolute atomic E-state index is 0.185. The molecule has 1 aliphatic rings. The van der Waals surface area contributed by atoms with Crippen LogP contribution >= 0.6 is 0 Å². The summed E-state index contributed by atoms with van der Waals surface area (Å²) in [6.07, 6.45) is 0. The zero-order valence-corrected chi connectivity index (χ0v) is 10.4. The largest absolute Gasteiger partial charge is 0.468 e. The van der Waals surface area contributed by atoms with E-state index in [1.54, 1.807) is 0 Å². The summed E-state index contributed by atoms with van der Waals surface area (Å²) in [4.78, 5) is 12.1. The summed E-state index contributed by atoms with van der Waals surface area (Å²) in [5, 5.41) is 0. The molecule has 0 amide bonds. The number of hydrogen-bond acceptors (Lipinski definition) is 2. The van der Waals surface area contributed by atoms with Gasteiger partial charge in [-0.25, -0.2) is 0 Å². The highest BCUT2D eigenvalue weighted by Crippen LogP contribution is 2.46. The van der Waals surface area contributed by atoms with Crippen LogP contribution in [0.2, 0.25) is 0 Å². The summed E-state index contributed by atoms with van der Waals surface area (Å²) < 4.78 is 4.96. The number of methoxy groups -OCH3 is 1. The molecular formula is C16H14O2. The van der Waals surface area contributed by atoms with Crippen LogP contribution in [0.5, 0.6) is 0 Å². The molecule has 1 atom stereocenters. The Balaban J connectivity index is 2.32. The second-order valence-electron chi connectivity index (χ2n) is 4.58. The zero-order valence-electron chi connectivity index (χ0n) is 10.4. The molecule has 0 heterocycles. The van der Waals surface area contributed by atoms with E-state index in [0.29, 0.717) is 0 Å². The molecule has 0 saturated carbocycles. The average Bonchev–Trinajstić information content (AvgIpc) is 2.74. The number of hydrogen-bond donors (Lipinski definition) is 0. The van der Waals surface area contributed by atoms with Crippen LogP contribution in [0.15, 0.2) is 42.5 Å². The fraction of sp³-hybridized carbons (Fsp3) is 0.188. The molecule has 0 aromatic heterocycles. The maximum absolute atomic E-state index is 12.1. The lowest BCUT2D eigenvalue weighted by Gasteiger charge is -2.12. The molecule has 2 nitrogen and oxygen atoms in total. The first-order valence-corrected chi connectivity index (χ1v) is 6.00. The Bertz CT molecular complexity index is 629. The van der Waals surface area contributed by atoms with E-state index in [1.807, 2.05) is 37.3 Å². The van der Waals surface area contributed by atoms with Crippen LogP contribution in [-0.2, 0) is 9.53 Å². The van der Waals surface area contributed by atoms with Crippen molar-refractivity contribution in [3.8, 4) is 11.1 Å². The Morgan fingerprint density at radius 1 is 1.06 bits per heavy atom. The van der Waals surface area contributed by atoms with E-state index in [9.17, 15) is 4.79 Å². The molecule has 18 heavy (non-hydrogen) atoms. The lowest BCUT2D eigenvalue weighted by molar-refractivity contribution is -0.141. The van der Waals surface area contributed by atoms with Gasteiger partial charge in [-0.2, -0.15) is 0 Å². The van der Waals surface area contributed by atoms with Gasteiger partial charge in [-0.3, -0.25) is 4.79 Å². The summed E-state index contributed by atoms with van der Waals surface area (Å²) in [7, 11) is 1.45. The van der Waals surface area contributed by atoms with Gasteiger partial charge in [0.25, 0.3) is 0 Å². The molecule has 0 N–H and O–H groups in total. The summed E-state index contributed by atoms with van der Waals surface area (Å²) in [6.45, 7) is 2.04. The van der Waals surface area contributed by atoms with Gasteiger partial charge in [0.2, 0.25) is 0 Å². The van der Waals surface area contributed by atoms with Crippen LogP contribution in [0.1, 0.15) is 22.6 Å². The first-order valence-electron chi connectivity index (χ1n) is 6.00. The van der Waals surface area contributed by atoms with Gasteiger partial charge in [0.05, 0.1) is 7.11 Å². The van der Waals surface area contributed by atoms with Gasteiger partial charge in [-0.05, 0) is 34.7 Å². The van der Waals surface area contributed by atoms with Gasteiger partial charge in [-0.15, -0.1) is 0 Å². The number of rotatable bonds is 1. The Morgan fingerprint density at radius 2 is 1.78 bits per heavy atom. The van der Waals surface area contributed by atoms with Crippen molar-refractivity contribution in [3.63, 3.8) is 0 Å². The summed E-state index contributed by atoms with van der Waals surface area (Å²) in [6, 6.07) is 14.2. The number of ether oxygens (including phenoxy) is 1. The first-order chi connectivity index (χ1) is 8.74. The fourth-order valence-electron chi connectivity index (χ4n) is 2.81. The minimum Gasteiger partial charge on any atom is -0.468 e. The predicted molar refractivity (Wildman–Crippen MR) is 70.5 cm³/mol. The first kappa shape index (κ1) is 11.0. The van der Waals surface area contributed by atoms with Gasteiger partial charge in [-0.1, -0.05) is 42.5 Å². The van der Waals surface area contributed by atoms with Crippen molar-refractivity contribution in [2.45, 2.75) is 12.8 Å². The monoisotopic (exact) mass is 238 g/mol. The topological polar surface area (TPSA) is 26.3 Å². The Labute approximate surface area is 106 Å². The van der Waals surface area contributed by atoms with Crippen molar-refractivity contribution >= 4 is 5.97 Å². The lowest BCUT2D eigenvalue weighted by Crippen LogP contribution is -2.14. The maximum Gasteiger partial charge on any atom is 0.317 e. The SMILES string of the molecule is COC(=O)C1c2ccccc2-c2cccc(C)c21. The highest BCUT2D eigenvalue weighted by atomic mass is 16.5. The van der Waals surface area contributed by atoms with Gasteiger partial charge < -0.3 is 4.74 Å². The Morgan fingerprint density at radius 3 is 2.56 bits per heavy atom. The Kier molecular flexibility index (Phi) is 2.44. The molecule has 1 aliphatic carbocycles. The predicted octanol–water partition coefficient (Wildman–Crippen LogP) is 3.28. The molecule has 0 aliphatic heterocycles. The van der Waals surface area contributed by atoms with E-state index in [-0.39, 0.29) is 11.9 Å². The molecule has 0 fully saturated rings. The third-order valence-electron chi connectivity index (χ3n) is 3.61. The average molecular weight is 238 g/mol. The van der Waals surface area contributed by atoms with Gasteiger partial charge >= 0.3 is 5.97 Å². The minimum atomic E-state index is -0.276. The smallest absolute Gasteiger partial charge is 0.317 e. The number of aryl methyl sites for hydroxylation is 1. The highest BCUT2D eigenvalue weighted by Gasteiger charge is 2.35. The van der Waals surface area contributed by atoms with Crippen LogP contribution in [0.3, 0.4) is 0 Å². The van der Waals surface area contributed by atoms with E-state index in [2.05, 4.69) is 12.1 Å². The van der Waals surface area contributed by atoms with Crippen molar-refractivity contribution in [1.82, 2.24) is 0 Å². The van der Waals surface area contributed by atoms with E-state index in [1.165, 1.54) is 7.11 Å². The zero-order chi connectivity index (χ0) is 12.7. The molecule has 3 rings (SSSR count). The molecule has 0 radical (unpaired) electrons. The van der Waals surface area contributed by atoms with Crippen LogP contribution < -0.4 is 0 Å². The molecule has 0 spiro atoms. The van der Waals surface area contributed by atoms with E-state index < -0.39 is 0 Å². The van der Waals surface area contributed by atoms with Crippen LogP contribution in [0.4, 0.5) is 0 Å². The third kappa shape index (κ3) is 1.39. The molecule has 0 bridgehead atoms. The van der Waals surface area contributed by atoms with Gasteiger partial charge in [0.15, 0.2) is 0 Å².